The van der Waals surface area contributed by atoms with Crippen LogP contribution in [0.2, 0.25) is 0 Å². The van der Waals surface area contributed by atoms with E-state index in [1.54, 1.807) is 0 Å². The molecule has 2 heterocycles. The van der Waals surface area contributed by atoms with Gasteiger partial charge in [0.2, 0.25) is 5.91 Å². The summed E-state index contributed by atoms with van der Waals surface area (Å²) < 4.78 is 6.45. The Morgan fingerprint density at radius 3 is 2.45 bits per heavy atom. The number of carbonyl (C=O) groups is 1. The highest BCUT2D eigenvalue weighted by molar-refractivity contribution is 5.76. The third-order valence-electron chi connectivity index (χ3n) is 7.57. The van der Waals surface area contributed by atoms with Gasteiger partial charge in [0.1, 0.15) is 18.2 Å². The molecule has 1 aliphatic heterocycles. The highest BCUT2D eigenvalue weighted by atomic mass is 16.5. The van der Waals surface area contributed by atoms with Crippen LogP contribution in [-0.2, 0) is 11.4 Å². The Labute approximate surface area is 227 Å². The first-order valence-electron chi connectivity index (χ1n) is 13.5. The van der Waals surface area contributed by atoms with E-state index in [0.717, 1.165) is 58.4 Å². The number of hydrogen-bond acceptors (Lipinski definition) is 6. The fourth-order valence-corrected chi connectivity index (χ4v) is 5.13. The molecule has 202 valence electrons. The highest BCUT2D eigenvalue weighted by Crippen LogP contribution is 2.32. The average Bonchev–Trinajstić information content (AvgIpc) is 2.85. The Balaban J connectivity index is 1.74. The Morgan fingerprint density at radius 1 is 1.03 bits per heavy atom. The molecule has 3 aromatic rings. The predicted molar refractivity (Wildman–Crippen MR) is 154 cm³/mol. The first-order chi connectivity index (χ1) is 18.0. The second-order valence-electron chi connectivity index (χ2n) is 11.0. The second-order valence-corrected chi connectivity index (χ2v) is 11.0. The molecule has 7 nitrogen and oxygen atoms in total. The minimum atomic E-state index is -0.301. The zero-order valence-corrected chi connectivity index (χ0v) is 23.8. The van der Waals surface area contributed by atoms with E-state index >= 15 is 0 Å². The van der Waals surface area contributed by atoms with Crippen molar-refractivity contribution >= 4 is 11.7 Å². The number of nitrogens with two attached hydrogens (primary N) is 1. The van der Waals surface area contributed by atoms with Gasteiger partial charge in [0.25, 0.3) is 0 Å². The SMILES string of the molecule is Cc1ccc(C(C)C)cc1OCc1c(C)nc(-c2ccccc2C)nc1N1C[C@@H](C)N(CC(N)=O)C[C@@H]1C. The van der Waals surface area contributed by atoms with Gasteiger partial charge in [0.05, 0.1) is 17.8 Å². The summed E-state index contributed by atoms with van der Waals surface area (Å²) in [5, 5.41) is 0. The van der Waals surface area contributed by atoms with Crippen LogP contribution < -0.4 is 15.4 Å². The maximum absolute atomic E-state index is 11.6. The number of primary amides is 1. The summed E-state index contributed by atoms with van der Waals surface area (Å²) in [6.45, 7) is 17.0. The normalized spacial score (nSPS) is 18.2. The molecule has 1 saturated heterocycles. The number of aryl methyl sites for hydroxylation is 3. The van der Waals surface area contributed by atoms with Gasteiger partial charge in [0.15, 0.2) is 5.82 Å². The van der Waals surface area contributed by atoms with Gasteiger partial charge in [0, 0.05) is 30.7 Å². The third kappa shape index (κ3) is 5.99. The minimum Gasteiger partial charge on any atom is -0.488 e. The maximum atomic E-state index is 11.6. The van der Waals surface area contributed by atoms with Crippen molar-refractivity contribution in [3.8, 4) is 17.1 Å². The lowest BCUT2D eigenvalue weighted by atomic mass is 10.0. The second kappa shape index (κ2) is 11.5. The number of ether oxygens (including phenoxy) is 1. The van der Waals surface area contributed by atoms with E-state index in [9.17, 15) is 4.79 Å². The van der Waals surface area contributed by atoms with Gasteiger partial charge < -0.3 is 15.4 Å². The summed E-state index contributed by atoms with van der Waals surface area (Å²) in [7, 11) is 0. The van der Waals surface area contributed by atoms with Crippen molar-refractivity contribution in [2.45, 2.75) is 73.1 Å². The first kappa shape index (κ1) is 27.6. The molecule has 0 saturated carbocycles. The Kier molecular flexibility index (Phi) is 8.36. The van der Waals surface area contributed by atoms with Gasteiger partial charge in [-0.1, -0.05) is 50.2 Å². The number of benzene rings is 2. The molecule has 2 N–H and O–H groups in total. The van der Waals surface area contributed by atoms with Crippen LogP contribution in [0, 0.1) is 20.8 Å². The molecule has 1 fully saturated rings. The van der Waals surface area contributed by atoms with E-state index in [1.165, 1.54) is 5.56 Å². The molecule has 1 amide bonds. The number of carbonyl (C=O) groups excluding carboxylic acids is 1. The molecule has 1 aromatic heterocycles. The summed E-state index contributed by atoms with van der Waals surface area (Å²) >= 11 is 0. The number of nitrogens with zero attached hydrogens (tertiary/aromatic N) is 4. The minimum absolute atomic E-state index is 0.134. The van der Waals surface area contributed by atoms with E-state index in [1.807, 2.05) is 19.1 Å². The molecule has 0 spiro atoms. The van der Waals surface area contributed by atoms with Crippen LogP contribution in [0.1, 0.15) is 61.6 Å². The van der Waals surface area contributed by atoms with Crippen LogP contribution in [0.15, 0.2) is 42.5 Å². The summed E-state index contributed by atoms with van der Waals surface area (Å²) in [6, 6.07) is 14.9. The van der Waals surface area contributed by atoms with E-state index < -0.39 is 0 Å². The van der Waals surface area contributed by atoms with Gasteiger partial charge >= 0.3 is 0 Å². The molecule has 0 aliphatic carbocycles. The summed E-state index contributed by atoms with van der Waals surface area (Å²) in [4.78, 5) is 26.3. The van der Waals surface area contributed by atoms with E-state index in [-0.39, 0.29) is 24.5 Å². The van der Waals surface area contributed by atoms with Crippen molar-refractivity contribution in [1.29, 1.82) is 0 Å². The third-order valence-corrected chi connectivity index (χ3v) is 7.57. The molecule has 7 heteroatoms. The number of anilines is 1. The van der Waals surface area contributed by atoms with Crippen molar-refractivity contribution in [3.05, 3.63) is 70.4 Å². The molecular formula is C31H41N5O2. The molecule has 0 radical (unpaired) electrons. The summed E-state index contributed by atoms with van der Waals surface area (Å²) in [5.74, 6) is 2.62. The highest BCUT2D eigenvalue weighted by Gasteiger charge is 2.33. The van der Waals surface area contributed by atoms with Gasteiger partial charge in [-0.2, -0.15) is 0 Å². The van der Waals surface area contributed by atoms with E-state index in [2.05, 4.69) is 81.7 Å². The van der Waals surface area contributed by atoms with Gasteiger partial charge in [-0.05, 0) is 63.3 Å². The molecule has 0 bridgehead atoms. The lowest BCUT2D eigenvalue weighted by Crippen LogP contribution is -2.58. The summed E-state index contributed by atoms with van der Waals surface area (Å²) in [5.41, 5.74) is 11.9. The van der Waals surface area contributed by atoms with Crippen LogP contribution in [0.4, 0.5) is 5.82 Å². The topological polar surface area (TPSA) is 84.6 Å². The molecule has 0 unspecified atom stereocenters. The fourth-order valence-electron chi connectivity index (χ4n) is 5.13. The van der Waals surface area contributed by atoms with Crippen LogP contribution in [0.3, 0.4) is 0 Å². The van der Waals surface area contributed by atoms with Crippen LogP contribution >= 0.6 is 0 Å². The Morgan fingerprint density at radius 2 is 1.76 bits per heavy atom. The zero-order chi connectivity index (χ0) is 27.6. The fraction of sp³-hybridized carbons (Fsp3) is 0.452. The lowest BCUT2D eigenvalue weighted by molar-refractivity contribution is -0.119. The van der Waals surface area contributed by atoms with Crippen molar-refractivity contribution in [3.63, 3.8) is 0 Å². The number of hydrogen-bond donors (Lipinski definition) is 1. The number of piperazine rings is 1. The Hall–Kier alpha value is -3.45. The van der Waals surface area contributed by atoms with Crippen LogP contribution in [0.25, 0.3) is 11.4 Å². The zero-order valence-electron chi connectivity index (χ0n) is 23.8. The van der Waals surface area contributed by atoms with Crippen molar-refractivity contribution in [2.75, 3.05) is 24.5 Å². The maximum Gasteiger partial charge on any atom is 0.231 e. The lowest BCUT2D eigenvalue weighted by Gasteiger charge is -2.45. The van der Waals surface area contributed by atoms with E-state index in [4.69, 9.17) is 20.4 Å². The molecule has 2 atom stereocenters. The smallest absolute Gasteiger partial charge is 0.231 e. The predicted octanol–water partition coefficient (Wildman–Crippen LogP) is 5.16. The first-order valence-corrected chi connectivity index (χ1v) is 13.5. The van der Waals surface area contributed by atoms with Crippen molar-refractivity contribution in [1.82, 2.24) is 14.9 Å². The van der Waals surface area contributed by atoms with E-state index in [0.29, 0.717) is 12.5 Å². The monoisotopic (exact) mass is 515 g/mol. The standard InChI is InChI=1S/C31H41N5O2/c1-19(2)25-13-12-21(4)28(14-25)38-18-27-24(7)33-30(26-11-9-8-10-20(26)3)34-31(27)36-16-22(5)35(15-23(36)6)17-29(32)37/h8-14,19,22-23H,15-18H2,1-7H3,(H2,32,37)/t22-,23+/m1/s1. The van der Waals surface area contributed by atoms with Gasteiger partial charge in [-0.25, -0.2) is 9.97 Å². The van der Waals surface area contributed by atoms with Gasteiger partial charge in [-0.15, -0.1) is 0 Å². The average molecular weight is 516 g/mol. The quantitative estimate of drug-likeness (QED) is 0.446. The number of aromatic nitrogens is 2. The molecule has 38 heavy (non-hydrogen) atoms. The molecule has 2 aromatic carbocycles. The van der Waals surface area contributed by atoms with Crippen LogP contribution in [-0.4, -0.2) is 52.5 Å². The molecular weight excluding hydrogens is 474 g/mol. The van der Waals surface area contributed by atoms with Crippen molar-refractivity contribution < 1.29 is 9.53 Å². The number of amides is 1. The number of rotatable bonds is 8. The largest absolute Gasteiger partial charge is 0.488 e. The molecule has 4 rings (SSSR count). The summed E-state index contributed by atoms with van der Waals surface area (Å²) in [6.07, 6.45) is 0. The molecule has 1 aliphatic rings. The van der Waals surface area contributed by atoms with Gasteiger partial charge in [-0.3, -0.25) is 9.69 Å². The Bertz CT molecular complexity index is 1310. The van der Waals surface area contributed by atoms with Crippen LogP contribution in [0.5, 0.6) is 5.75 Å². The van der Waals surface area contributed by atoms with Crippen molar-refractivity contribution in [2.24, 2.45) is 5.73 Å².